The third-order valence-corrected chi connectivity index (χ3v) is 3.38. The molecule has 0 bridgehead atoms. The van der Waals surface area contributed by atoms with E-state index in [1.165, 1.54) is 7.11 Å². The summed E-state index contributed by atoms with van der Waals surface area (Å²) in [6.07, 6.45) is 1.16. The van der Waals surface area contributed by atoms with Gasteiger partial charge in [-0.1, -0.05) is 0 Å². The fourth-order valence-electron chi connectivity index (χ4n) is 2.23. The minimum absolute atomic E-state index is 0.0143. The molecule has 2 N–H and O–H groups in total. The molecule has 0 radical (unpaired) electrons. The Kier molecular flexibility index (Phi) is 12.3. The standard InChI is InChI=1S/C20H39N3O6/c1-19(2,3)28-17(25)22-11-8-9-13-23(18(26)29-20(4,5)6)14-10-12-21-16(24)15-27-7/h8-15H2,1-7H3,(H,21,24)(H,22,25). The molecule has 0 aliphatic heterocycles. The summed E-state index contributed by atoms with van der Waals surface area (Å²) < 4.78 is 15.4. The quantitative estimate of drug-likeness (QED) is 0.501. The van der Waals surface area contributed by atoms with Gasteiger partial charge in [0.05, 0.1) is 0 Å². The van der Waals surface area contributed by atoms with Gasteiger partial charge in [0.15, 0.2) is 0 Å². The molecule has 0 fully saturated rings. The molecule has 0 aromatic heterocycles. The van der Waals surface area contributed by atoms with Crippen LogP contribution in [-0.4, -0.2) is 74.1 Å². The average Bonchev–Trinajstić information content (AvgIpc) is 2.53. The van der Waals surface area contributed by atoms with Crippen LogP contribution in [0.2, 0.25) is 0 Å². The molecule has 170 valence electrons. The van der Waals surface area contributed by atoms with Gasteiger partial charge in [-0.05, 0) is 60.8 Å². The predicted molar refractivity (Wildman–Crippen MR) is 111 cm³/mol. The summed E-state index contributed by atoms with van der Waals surface area (Å²) in [5.41, 5.74) is -1.11. The zero-order valence-corrected chi connectivity index (χ0v) is 19.1. The molecule has 0 aromatic carbocycles. The average molecular weight is 418 g/mol. The number of carbonyl (C=O) groups is 3. The van der Waals surface area contributed by atoms with Gasteiger partial charge in [-0.15, -0.1) is 0 Å². The SMILES string of the molecule is COCC(=O)NCCCN(CCCCNC(=O)OC(C)(C)C)C(=O)OC(C)(C)C. The molecule has 0 saturated carbocycles. The van der Waals surface area contributed by atoms with Gasteiger partial charge in [0.1, 0.15) is 17.8 Å². The molecule has 9 nitrogen and oxygen atoms in total. The van der Waals surface area contributed by atoms with Crippen LogP contribution in [-0.2, 0) is 19.0 Å². The second-order valence-electron chi connectivity index (χ2n) is 8.74. The zero-order chi connectivity index (χ0) is 22.5. The van der Waals surface area contributed by atoms with Crippen molar-refractivity contribution < 1.29 is 28.6 Å². The van der Waals surface area contributed by atoms with Gasteiger partial charge < -0.3 is 29.7 Å². The van der Waals surface area contributed by atoms with Crippen LogP contribution >= 0.6 is 0 Å². The third-order valence-electron chi connectivity index (χ3n) is 3.38. The monoisotopic (exact) mass is 417 g/mol. The van der Waals surface area contributed by atoms with E-state index in [9.17, 15) is 14.4 Å². The summed E-state index contributed by atoms with van der Waals surface area (Å²) in [4.78, 5) is 37.1. The van der Waals surface area contributed by atoms with Crippen molar-refractivity contribution in [3.63, 3.8) is 0 Å². The maximum Gasteiger partial charge on any atom is 0.410 e. The van der Waals surface area contributed by atoms with Crippen molar-refractivity contribution in [2.45, 2.75) is 72.0 Å². The second kappa shape index (κ2) is 13.2. The summed E-state index contributed by atoms with van der Waals surface area (Å²) in [5, 5.41) is 5.43. The van der Waals surface area contributed by atoms with Crippen molar-refractivity contribution in [2.75, 3.05) is 39.9 Å². The van der Waals surface area contributed by atoms with Crippen molar-refractivity contribution in [2.24, 2.45) is 0 Å². The van der Waals surface area contributed by atoms with E-state index >= 15 is 0 Å². The number of alkyl carbamates (subject to hydrolysis) is 1. The van der Waals surface area contributed by atoms with Crippen LogP contribution in [0.3, 0.4) is 0 Å². The first-order valence-electron chi connectivity index (χ1n) is 10.0. The smallest absolute Gasteiger partial charge is 0.410 e. The molecule has 0 rings (SSSR count). The first-order chi connectivity index (χ1) is 13.3. The highest BCUT2D eigenvalue weighted by atomic mass is 16.6. The predicted octanol–water partition coefficient (Wildman–Crippen LogP) is 2.68. The maximum absolute atomic E-state index is 12.4. The lowest BCUT2D eigenvalue weighted by molar-refractivity contribution is -0.124. The van der Waals surface area contributed by atoms with Crippen LogP contribution in [0.1, 0.15) is 60.8 Å². The van der Waals surface area contributed by atoms with Gasteiger partial charge in [-0.25, -0.2) is 9.59 Å². The lowest BCUT2D eigenvalue weighted by Crippen LogP contribution is -2.39. The normalized spacial score (nSPS) is 11.6. The van der Waals surface area contributed by atoms with Gasteiger partial charge in [-0.2, -0.15) is 0 Å². The van der Waals surface area contributed by atoms with Crippen LogP contribution in [0.25, 0.3) is 0 Å². The topological polar surface area (TPSA) is 106 Å². The lowest BCUT2D eigenvalue weighted by Gasteiger charge is -2.27. The molecule has 0 heterocycles. The Morgan fingerprint density at radius 2 is 1.34 bits per heavy atom. The minimum atomic E-state index is -0.583. The van der Waals surface area contributed by atoms with E-state index in [1.807, 2.05) is 41.5 Å². The summed E-state index contributed by atoms with van der Waals surface area (Å²) in [5.74, 6) is -0.190. The number of ether oxygens (including phenoxy) is 3. The molecular weight excluding hydrogens is 378 g/mol. The lowest BCUT2D eigenvalue weighted by atomic mass is 10.2. The highest BCUT2D eigenvalue weighted by molar-refractivity contribution is 5.77. The molecule has 0 aliphatic rings. The van der Waals surface area contributed by atoms with E-state index < -0.39 is 17.3 Å². The number of nitrogens with one attached hydrogen (secondary N) is 2. The van der Waals surface area contributed by atoms with Crippen LogP contribution in [0.5, 0.6) is 0 Å². The number of hydrogen-bond acceptors (Lipinski definition) is 6. The van der Waals surface area contributed by atoms with E-state index in [2.05, 4.69) is 10.6 Å². The van der Waals surface area contributed by atoms with E-state index in [4.69, 9.17) is 14.2 Å². The fourth-order valence-corrected chi connectivity index (χ4v) is 2.23. The maximum atomic E-state index is 12.4. The van der Waals surface area contributed by atoms with Crippen LogP contribution in [0.4, 0.5) is 9.59 Å². The third kappa shape index (κ3) is 16.6. The van der Waals surface area contributed by atoms with Gasteiger partial charge in [-0.3, -0.25) is 4.79 Å². The second-order valence-corrected chi connectivity index (χ2v) is 8.74. The molecule has 0 unspecified atom stereocenters. The van der Waals surface area contributed by atoms with Crippen molar-refractivity contribution >= 4 is 18.1 Å². The summed E-state index contributed by atoms with van der Waals surface area (Å²) in [7, 11) is 1.46. The van der Waals surface area contributed by atoms with Crippen molar-refractivity contribution in [3.05, 3.63) is 0 Å². The summed E-state index contributed by atoms with van der Waals surface area (Å²) in [6.45, 7) is 12.8. The number of rotatable bonds is 11. The zero-order valence-electron chi connectivity index (χ0n) is 19.1. The molecule has 0 saturated heterocycles. The Morgan fingerprint density at radius 1 is 0.793 bits per heavy atom. The Bertz CT molecular complexity index is 511. The highest BCUT2D eigenvalue weighted by Crippen LogP contribution is 2.11. The molecule has 0 aromatic rings. The number of nitrogens with zero attached hydrogens (tertiary/aromatic N) is 1. The number of hydrogen-bond donors (Lipinski definition) is 2. The largest absolute Gasteiger partial charge is 0.444 e. The van der Waals surface area contributed by atoms with Crippen LogP contribution in [0.15, 0.2) is 0 Å². The Balaban J connectivity index is 4.36. The molecule has 9 heteroatoms. The van der Waals surface area contributed by atoms with E-state index in [0.29, 0.717) is 45.4 Å². The fraction of sp³-hybridized carbons (Fsp3) is 0.850. The van der Waals surface area contributed by atoms with Gasteiger partial charge >= 0.3 is 12.2 Å². The van der Waals surface area contributed by atoms with E-state index in [-0.39, 0.29) is 18.6 Å². The Hall–Kier alpha value is -2.03. The molecular formula is C20H39N3O6. The first kappa shape index (κ1) is 27.0. The molecule has 0 spiro atoms. The van der Waals surface area contributed by atoms with Crippen LogP contribution in [0, 0.1) is 0 Å². The Labute approximate surface area is 174 Å². The number of unbranched alkanes of at least 4 members (excludes halogenated alkanes) is 1. The molecule has 0 atom stereocenters. The molecule has 29 heavy (non-hydrogen) atoms. The number of methoxy groups -OCH3 is 1. The van der Waals surface area contributed by atoms with Crippen molar-refractivity contribution in [1.82, 2.24) is 15.5 Å². The number of amides is 3. The van der Waals surface area contributed by atoms with Crippen LogP contribution < -0.4 is 10.6 Å². The summed E-state index contributed by atoms with van der Waals surface area (Å²) >= 11 is 0. The van der Waals surface area contributed by atoms with E-state index in [1.54, 1.807) is 4.90 Å². The highest BCUT2D eigenvalue weighted by Gasteiger charge is 2.21. The molecule has 3 amide bonds. The van der Waals surface area contributed by atoms with Crippen molar-refractivity contribution in [1.29, 1.82) is 0 Å². The van der Waals surface area contributed by atoms with Gasteiger partial charge in [0.2, 0.25) is 5.91 Å². The number of carbonyl (C=O) groups excluding carboxylic acids is 3. The van der Waals surface area contributed by atoms with Crippen molar-refractivity contribution in [3.8, 4) is 0 Å². The first-order valence-corrected chi connectivity index (χ1v) is 10.0. The summed E-state index contributed by atoms with van der Waals surface area (Å²) in [6, 6.07) is 0. The molecule has 0 aliphatic carbocycles. The Morgan fingerprint density at radius 3 is 1.90 bits per heavy atom. The minimum Gasteiger partial charge on any atom is -0.444 e. The van der Waals surface area contributed by atoms with Gasteiger partial charge in [0, 0.05) is 33.3 Å². The van der Waals surface area contributed by atoms with Gasteiger partial charge in [0.25, 0.3) is 0 Å². The van der Waals surface area contributed by atoms with E-state index in [0.717, 1.165) is 0 Å².